The molecule has 0 N–H and O–H groups in total. The van der Waals surface area contributed by atoms with Gasteiger partial charge in [-0.2, -0.15) is 9.57 Å². The van der Waals surface area contributed by atoms with E-state index in [1.54, 1.807) is 36.4 Å². The second kappa shape index (κ2) is 8.33. The Kier molecular flexibility index (Phi) is 6.37. The van der Waals surface area contributed by atoms with Crippen molar-refractivity contribution in [2.24, 2.45) is 0 Å². The zero-order valence-corrected chi connectivity index (χ0v) is 16.6. The molecular weight excluding hydrogens is 362 g/mol. The highest BCUT2D eigenvalue weighted by Crippen LogP contribution is 2.18. The van der Waals surface area contributed by atoms with Gasteiger partial charge in [-0.05, 0) is 31.5 Å². The molecule has 27 heavy (non-hydrogen) atoms. The van der Waals surface area contributed by atoms with E-state index in [4.69, 9.17) is 5.26 Å². The quantitative estimate of drug-likeness (QED) is 0.517. The summed E-state index contributed by atoms with van der Waals surface area (Å²) in [6, 6.07) is 10.3. The van der Waals surface area contributed by atoms with Crippen LogP contribution in [0.5, 0.6) is 0 Å². The van der Waals surface area contributed by atoms with E-state index in [1.807, 2.05) is 24.5 Å². The average Bonchev–Trinajstić information content (AvgIpc) is 2.90. The van der Waals surface area contributed by atoms with Crippen LogP contribution >= 0.6 is 0 Å². The molecule has 0 aliphatic rings. The molecule has 2 aromatic rings. The molecule has 142 valence electrons. The number of benzene rings is 1. The van der Waals surface area contributed by atoms with E-state index in [-0.39, 0.29) is 18.1 Å². The second-order valence-electron chi connectivity index (χ2n) is 6.39. The van der Waals surface area contributed by atoms with Gasteiger partial charge >= 0.3 is 0 Å². The van der Waals surface area contributed by atoms with Gasteiger partial charge in [0.15, 0.2) is 5.78 Å². The summed E-state index contributed by atoms with van der Waals surface area (Å²) in [5.41, 5.74) is 2.95. The summed E-state index contributed by atoms with van der Waals surface area (Å²) in [4.78, 5) is 12.7. The molecule has 1 aromatic carbocycles. The Balaban J connectivity index is 2.19. The summed E-state index contributed by atoms with van der Waals surface area (Å²) >= 11 is 0. The Hall–Kier alpha value is -2.69. The van der Waals surface area contributed by atoms with Crippen LogP contribution in [0.3, 0.4) is 0 Å². The van der Waals surface area contributed by atoms with Gasteiger partial charge in [0.25, 0.3) is 0 Å². The number of carbonyl (C=O) groups excluding carboxylic acids is 1. The van der Waals surface area contributed by atoms with Crippen molar-refractivity contribution in [3.8, 4) is 6.07 Å². The van der Waals surface area contributed by atoms with Crippen molar-refractivity contribution in [1.82, 2.24) is 8.87 Å². The molecule has 0 atom stereocenters. The molecule has 0 aliphatic heterocycles. The molecule has 0 spiro atoms. The van der Waals surface area contributed by atoms with Crippen LogP contribution in [-0.4, -0.2) is 36.7 Å². The zero-order valence-electron chi connectivity index (χ0n) is 15.8. The first-order valence-corrected chi connectivity index (χ1v) is 10.0. The fraction of sp³-hybridized carbons (Fsp3) is 0.300. The number of hydrogen-bond acceptors (Lipinski definition) is 4. The number of rotatable bonds is 8. The summed E-state index contributed by atoms with van der Waals surface area (Å²) in [5, 5.41) is 9.13. The molecule has 1 aromatic heterocycles. The van der Waals surface area contributed by atoms with Crippen molar-refractivity contribution in [3.63, 3.8) is 0 Å². The monoisotopic (exact) mass is 385 g/mol. The molecule has 0 radical (unpaired) electrons. The summed E-state index contributed by atoms with van der Waals surface area (Å²) in [6.07, 6.45) is 1.75. The molecule has 0 saturated carbocycles. The average molecular weight is 385 g/mol. The Labute approximate surface area is 160 Å². The Morgan fingerprint density at radius 3 is 2.63 bits per heavy atom. The lowest BCUT2D eigenvalue weighted by Crippen LogP contribution is -2.33. The van der Waals surface area contributed by atoms with E-state index in [0.717, 1.165) is 15.7 Å². The molecule has 0 unspecified atom stereocenters. The topological polar surface area (TPSA) is 83.2 Å². The van der Waals surface area contributed by atoms with Gasteiger partial charge in [-0.25, -0.2) is 8.42 Å². The summed E-state index contributed by atoms with van der Waals surface area (Å²) in [6.45, 7) is 7.77. The van der Waals surface area contributed by atoms with Gasteiger partial charge < -0.3 is 4.57 Å². The Morgan fingerprint density at radius 1 is 1.33 bits per heavy atom. The van der Waals surface area contributed by atoms with Crippen molar-refractivity contribution >= 4 is 15.8 Å². The van der Waals surface area contributed by atoms with E-state index in [2.05, 4.69) is 6.58 Å². The molecule has 7 heteroatoms. The van der Waals surface area contributed by atoms with Gasteiger partial charge in [-0.15, -0.1) is 6.58 Å². The number of hydrogen-bond donors (Lipinski definition) is 0. The van der Waals surface area contributed by atoms with Crippen LogP contribution in [0.2, 0.25) is 0 Å². The highest BCUT2D eigenvalue weighted by Gasteiger charge is 2.24. The lowest BCUT2D eigenvalue weighted by atomic mass is 10.1. The molecule has 0 aliphatic carbocycles. The van der Waals surface area contributed by atoms with E-state index in [1.165, 1.54) is 7.05 Å². The first-order valence-electron chi connectivity index (χ1n) is 8.44. The van der Waals surface area contributed by atoms with Crippen LogP contribution < -0.4 is 0 Å². The third-order valence-corrected chi connectivity index (χ3v) is 6.26. The van der Waals surface area contributed by atoms with E-state index >= 15 is 0 Å². The summed E-state index contributed by atoms with van der Waals surface area (Å²) in [5.74, 6) is -0.589. The molecule has 0 bridgehead atoms. The fourth-order valence-corrected chi connectivity index (χ4v) is 4.12. The van der Waals surface area contributed by atoms with Gasteiger partial charge in [0.05, 0.1) is 23.9 Å². The summed E-state index contributed by atoms with van der Waals surface area (Å²) in [7, 11) is -2.36. The first-order chi connectivity index (χ1) is 12.7. The molecule has 6 nitrogen and oxygen atoms in total. The number of aromatic nitrogens is 1. The van der Waals surface area contributed by atoms with Crippen molar-refractivity contribution in [2.45, 2.75) is 26.1 Å². The van der Waals surface area contributed by atoms with E-state index in [9.17, 15) is 13.2 Å². The van der Waals surface area contributed by atoms with Crippen LogP contribution in [-0.2, 0) is 22.3 Å². The lowest BCUT2D eigenvalue weighted by Gasteiger charge is -2.17. The second-order valence-corrected chi connectivity index (χ2v) is 8.46. The highest BCUT2D eigenvalue weighted by atomic mass is 32.2. The van der Waals surface area contributed by atoms with Gasteiger partial charge in [0, 0.05) is 30.5 Å². The van der Waals surface area contributed by atoms with Crippen molar-refractivity contribution < 1.29 is 13.2 Å². The predicted molar refractivity (Wildman–Crippen MR) is 105 cm³/mol. The number of carbonyl (C=O) groups is 1. The standard InChI is InChI=1S/C20H23N3O3S/c1-5-10-23-15(2)11-19(16(23)3)20(24)13-22(4)27(25,26)14-18-9-7-6-8-17(18)12-21/h5-9,11H,1,10,13-14H2,2-4H3. The normalized spacial score (nSPS) is 11.4. The first kappa shape index (κ1) is 20.6. The SMILES string of the molecule is C=CCn1c(C)cc(C(=O)CN(C)S(=O)(=O)Cc2ccccc2C#N)c1C. The minimum Gasteiger partial charge on any atom is -0.345 e. The van der Waals surface area contributed by atoms with Crippen LogP contribution in [0.1, 0.15) is 32.9 Å². The van der Waals surface area contributed by atoms with Crippen LogP contribution in [0.15, 0.2) is 43.0 Å². The molecule has 0 amide bonds. The van der Waals surface area contributed by atoms with Crippen LogP contribution in [0.4, 0.5) is 0 Å². The molecule has 0 fully saturated rings. The maximum Gasteiger partial charge on any atom is 0.218 e. The fourth-order valence-electron chi connectivity index (χ4n) is 2.94. The summed E-state index contributed by atoms with van der Waals surface area (Å²) < 4.78 is 28.3. The molecule has 2 rings (SSSR count). The number of nitrogens with zero attached hydrogens (tertiary/aromatic N) is 3. The molecular formula is C20H23N3O3S. The van der Waals surface area contributed by atoms with Crippen molar-refractivity contribution in [2.75, 3.05) is 13.6 Å². The largest absolute Gasteiger partial charge is 0.345 e. The molecule has 0 saturated heterocycles. The number of nitriles is 1. The Morgan fingerprint density at radius 2 is 2.00 bits per heavy atom. The lowest BCUT2D eigenvalue weighted by molar-refractivity contribution is 0.0972. The van der Waals surface area contributed by atoms with Crippen LogP contribution in [0, 0.1) is 25.2 Å². The van der Waals surface area contributed by atoms with Crippen molar-refractivity contribution in [1.29, 1.82) is 5.26 Å². The predicted octanol–water partition coefficient (Wildman–Crippen LogP) is 2.81. The third kappa shape index (κ3) is 4.54. The smallest absolute Gasteiger partial charge is 0.218 e. The number of allylic oxidation sites excluding steroid dienone is 1. The van der Waals surface area contributed by atoms with Crippen LogP contribution in [0.25, 0.3) is 0 Å². The van der Waals surface area contributed by atoms with Crippen molar-refractivity contribution in [3.05, 3.63) is 71.1 Å². The molecule has 1 heterocycles. The van der Waals surface area contributed by atoms with E-state index < -0.39 is 10.0 Å². The Bertz CT molecular complexity index is 1010. The van der Waals surface area contributed by atoms with Gasteiger partial charge in [-0.1, -0.05) is 24.3 Å². The minimum atomic E-state index is -3.74. The minimum absolute atomic E-state index is 0.255. The van der Waals surface area contributed by atoms with Gasteiger partial charge in [-0.3, -0.25) is 4.79 Å². The number of Topliss-reactive ketones (excluding diaryl/α,β-unsaturated/α-hetero) is 1. The number of ketones is 1. The van der Waals surface area contributed by atoms with E-state index in [0.29, 0.717) is 23.2 Å². The number of likely N-dealkylation sites (N-methyl/N-ethyl adjacent to an activating group) is 1. The highest BCUT2D eigenvalue weighted by molar-refractivity contribution is 7.88. The maximum absolute atomic E-state index is 12.7. The number of aryl methyl sites for hydroxylation is 1. The van der Waals surface area contributed by atoms with Gasteiger partial charge in [0.1, 0.15) is 0 Å². The zero-order chi connectivity index (χ0) is 20.2. The van der Waals surface area contributed by atoms with Gasteiger partial charge in [0.2, 0.25) is 10.0 Å². The number of sulfonamides is 1. The maximum atomic E-state index is 12.7. The third-order valence-electron chi connectivity index (χ3n) is 4.50.